The van der Waals surface area contributed by atoms with Gasteiger partial charge in [0.05, 0.1) is 5.56 Å². The van der Waals surface area contributed by atoms with E-state index in [1.807, 2.05) is 30.9 Å². The van der Waals surface area contributed by atoms with Crippen LogP contribution in [0.25, 0.3) is 0 Å². The van der Waals surface area contributed by atoms with Gasteiger partial charge in [0.1, 0.15) is 0 Å². The van der Waals surface area contributed by atoms with Crippen LogP contribution >= 0.6 is 0 Å². The van der Waals surface area contributed by atoms with E-state index in [-0.39, 0.29) is 24.5 Å². The summed E-state index contributed by atoms with van der Waals surface area (Å²) < 4.78 is 16.2. The zero-order valence-corrected chi connectivity index (χ0v) is 14.4. The number of hydrogen-bond donors (Lipinski definition) is 0. The molecular formula is C18H21N3O4. The molecule has 132 valence electrons. The summed E-state index contributed by atoms with van der Waals surface area (Å²) in [4.78, 5) is 19.3. The highest BCUT2D eigenvalue weighted by molar-refractivity contribution is 5.98. The zero-order chi connectivity index (χ0) is 17.4. The smallest absolute Gasteiger partial charge is 0.257 e. The Balaban J connectivity index is 1.53. The number of ether oxygens (including phenoxy) is 2. The van der Waals surface area contributed by atoms with Gasteiger partial charge in [0, 0.05) is 24.9 Å². The molecule has 3 heterocycles. The van der Waals surface area contributed by atoms with Crippen LogP contribution in [0.5, 0.6) is 11.5 Å². The van der Waals surface area contributed by atoms with Crippen LogP contribution in [0.4, 0.5) is 0 Å². The van der Waals surface area contributed by atoms with Crippen LogP contribution in [-0.2, 0) is 0 Å². The van der Waals surface area contributed by atoms with E-state index in [1.165, 1.54) is 0 Å². The summed E-state index contributed by atoms with van der Waals surface area (Å²) in [5, 5.41) is 4.12. The topological polar surface area (TPSA) is 77.7 Å². The van der Waals surface area contributed by atoms with Gasteiger partial charge in [-0.1, -0.05) is 25.1 Å². The predicted molar refractivity (Wildman–Crippen MR) is 88.8 cm³/mol. The first-order valence-corrected chi connectivity index (χ1v) is 8.65. The van der Waals surface area contributed by atoms with Gasteiger partial charge in [-0.2, -0.15) is 4.98 Å². The van der Waals surface area contributed by atoms with Crippen molar-refractivity contribution < 1.29 is 18.8 Å². The van der Waals surface area contributed by atoms with Crippen LogP contribution < -0.4 is 9.47 Å². The van der Waals surface area contributed by atoms with Crippen molar-refractivity contribution in [1.82, 2.24) is 15.0 Å². The zero-order valence-electron chi connectivity index (χ0n) is 14.4. The third-order valence-corrected chi connectivity index (χ3v) is 4.65. The summed E-state index contributed by atoms with van der Waals surface area (Å²) in [6.45, 7) is 5.50. The fourth-order valence-corrected chi connectivity index (χ4v) is 3.29. The summed E-state index contributed by atoms with van der Waals surface area (Å²) in [5.41, 5.74) is 0.548. The minimum atomic E-state index is -0.0420. The van der Waals surface area contributed by atoms with Gasteiger partial charge < -0.3 is 18.9 Å². The summed E-state index contributed by atoms with van der Waals surface area (Å²) in [5.74, 6) is 2.76. The summed E-state index contributed by atoms with van der Waals surface area (Å²) in [6.07, 6.45) is 1.86. The van der Waals surface area contributed by atoms with Crippen LogP contribution in [0.2, 0.25) is 0 Å². The van der Waals surface area contributed by atoms with Crippen molar-refractivity contribution in [2.75, 3.05) is 19.9 Å². The number of amides is 1. The van der Waals surface area contributed by atoms with Gasteiger partial charge in [0.15, 0.2) is 17.3 Å². The Morgan fingerprint density at radius 1 is 1.32 bits per heavy atom. The fourth-order valence-electron chi connectivity index (χ4n) is 3.29. The predicted octanol–water partition coefficient (Wildman–Crippen LogP) is 2.94. The van der Waals surface area contributed by atoms with Gasteiger partial charge >= 0.3 is 0 Å². The average Bonchev–Trinajstić information content (AvgIpc) is 3.30. The maximum atomic E-state index is 13.0. The monoisotopic (exact) mass is 343 g/mol. The Kier molecular flexibility index (Phi) is 4.07. The number of piperidine rings is 1. The first kappa shape index (κ1) is 15.9. The van der Waals surface area contributed by atoms with Crippen LogP contribution in [0.15, 0.2) is 22.7 Å². The number of aromatic nitrogens is 2. The van der Waals surface area contributed by atoms with Crippen molar-refractivity contribution in [1.29, 1.82) is 0 Å². The first-order valence-electron chi connectivity index (χ1n) is 8.65. The molecule has 1 aromatic carbocycles. The largest absolute Gasteiger partial charge is 0.454 e. The summed E-state index contributed by atoms with van der Waals surface area (Å²) in [6, 6.07) is 5.41. The highest BCUT2D eigenvalue weighted by Gasteiger charge is 2.31. The average molecular weight is 343 g/mol. The van der Waals surface area contributed by atoms with Crippen molar-refractivity contribution in [2.24, 2.45) is 0 Å². The second-order valence-corrected chi connectivity index (χ2v) is 6.78. The van der Waals surface area contributed by atoms with Crippen molar-refractivity contribution >= 4 is 5.91 Å². The maximum absolute atomic E-state index is 13.0. The molecule has 1 saturated heterocycles. The van der Waals surface area contributed by atoms with Crippen molar-refractivity contribution in [3.05, 3.63) is 35.5 Å². The second kappa shape index (κ2) is 6.38. The first-order chi connectivity index (χ1) is 12.1. The number of hydrogen-bond acceptors (Lipinski definition) is 6. The minimum Gasteiger partial charge on any atom is -0.454 e. The van der Waals surface area contributed by atoms with E-state index in [1.54, 1.807) is 6.07 Å². The minimum absolute atomic E-state index is 0.0420. The van der Waals surface area contributed by atoms with Gasteiger partial charge in [-0.15, -0.1) is 0 Å². The molecule has 7 nitrogen and oxygen atoms in total. The van der Waals surface area contributed by atoms with Gasteiger partial charge in [0.2, 0.25) is 12.7 Å². The number of carbonyl (C=O) groups is 1. The number of para-hydroxylation sites is 1. The molecule has 1 fully saturated rings. The number of rotatable bonds is 3. The Morgan fingerprint density at radius 2 is 2.20 bits per heavy atom. The molecular weight excluding hydrogens is 322 g/mol. The van der Waals surface area contributed by atoms with Crippen molar-refractivity contribution in [2.45, 2.75) is 38.5 Å². The molecule has 4 rings (SSSR count). The van der Waals surface area contributed by atoms with E-state index in [0.717, 1.165) is 19.4 Å². The summed E-state index contributed by atoms with van der Waals surface area (Å²) >= 11 is 0. The standard InChI is InChI=1S/C18H21N3O4/c1-11(2)17-19-16(20-25-17)12-5-4-8-21(9-12)18(22)13-6-3-7-14-15(13)24-10-23-14/h3,6-7,11-12H,4-5,8-10H2,1-2H3. The van der Waals surface area contributed by atoms with Gasteiger partial charge in [0.25, 0.3) is 5.91 Å². The van der Waals surface area contributed by atoms with E-state index in [0.29, 0.717) is 35.3 Å². The molecule has 7 heteroatoms. The SMILES string of the molecule is CC(C)c1nc(C2CCCN(C(=O)c3cccc4c3OCO4)C2)no1. The van der Waals surface area contributed by atoms with E-state index in [4.69, 9.17) is 14.0 Å². The Hall–Kier alpha value is -2.57. The third kappa shape index (κ3) is 2.94. The molecule has 2 aliphatic heterocycles. The lowest BCUT2D eigenvalue weighted by molar-refractivity contribution is 0.0699. The molecule has 0 radical (unpaired) electrons. The molecule has 2 aromatic rings. The van der Waals surface area contributed by atoms with Crippen LogP contribution in [-0.4, -0.2) is 40.8 Å². The van der Waals surface area contributed by atoms with Crippen LogP contribution in [0, 0.1) is 0 Å². The number of fused-ring (bicyclic) bond motifs is 1. The Morgan fingerprint density at radius 3 is 3.00 bits per heavy atom. The van der Waals surface area contributed by atoms with E-state index < -0.39 is 0 Å². The van der Waals surface area contributed by atoms with E-state index in [2.05, 4.69) is 10.1 Å². The highest BCUT2D eigenvalue weighted by atomic mass is 16.7. The number of carbonyl (C=O) groups excluding carboxylic acids is 1. The molecule has 0 bridgehead atoms. The highest BCUT2D eigenvalue weighted by Crippen LogP contribution is 2.37. The molecule has 0 saturated carbocycles. The molecule has 1 aromatic heterocycles. The lowest BCUT2D eigenvalue weighted by Gasteiger charge is -2.31. The van der Waals surface area contributed by atoms with Crippen molar-refractivity contribution in [3.8, 4) is 11.5 Å². The third-order valence-electron chi connectivity index (χ3n) is 4.65. The molecule has 2 aliphatic rings. The summed E-state index contributed by atoms with van der Waals surface area (Å²) in [7, 11) is 0. The van der Waals surface area contributed by atoms with E-state index >= 15 is 0 Å². The Labute approximate surface area is 145 Å². The quantitative estimate of drug-likeness (QED) is 0.853. The molecule has 25 heavy (non-hydrogen) atoms. The second-order valence-electron chi connectivity index (χ2n) is 6.78. The molecule has 0 aliphatic carbocycles. The number of nitrogens with zero attached hydrogens (tertiary/aromatic N) is 3. The van der Waals surface area contributed by atoms with Gasteiger partial charge in [-0.05, 0) is 25.0 Å². The molecule has 0 spiro atoms. The maximum Gasteiger partial charge on any atom is 0.257 e. The normalized spacial score (nSPS) is 19.5. The molecule has 1 amide bonds. The fraction of sp³-hybridized carbons (Fsp3) is 0.500. The number of likely N-dealkylation sites (tertiary alicyclic amines) is 1. The van der Waals surface area contributed by atoms with Crippen LogP contribution in [0.3, 0.4) is 0 Å². The van der Waals surface area contributed by atoms with E-state index in [9.17, 15) is 4.79 Å². The molecule has 0 N–H and O–H groups in total. The van der Waals surface area contributed by atoms with Gasteiger partial charge in [-0.3, -0.25) is 4.79 Å². The molecule has 1 atom stereocenters. The Bertz CT molecular complexity index is 786. The molecule has 1 unspecified atom stereocenters. The van der Waals surface area contributed by atoms with Crippen LogP contribution in [0.1, 0.15) is 60.6 Å². The lowest BCUT2D eigenvalue weighted by Crippen LogP contribution is -2.39. The lowest BCUT2D eigenvalue weighted by atomic mass is 9.96. The number of benzene rings is 1. The van der Waals surface area contributed by atoms with Gasteiger partial charge in [-0.25, -0.2) is 0 Å². The van der Waals surface area contributed by atoms with Crippen molar-refractivity contribution in [3.63, 3.8) is 0 Å².